The predicted octanol–water partition coefficient (Wildman–Crippen LogP) is 5.23. The lowest BCUT2D eigenvalue weighted by molar-refractivity contribution is 0.0992. The summed E-state index contributed by atoms with van der Waals surface area (Å²) in [4.78, 5) is 16.9. The van der Waals surface area contributed by atoms with Gasteiger partial charge in [0, 0.05) is 29.0 Å². The van der Waals surface area contributed by atoms with Gasteiger partial charge in [-0.15, -0.1) is 11.3 Å². The first-order chi connectivity index (χ1) is 13.6. The van der Waals surface area contributed by atoms with Gasteiger partial charge in [-0.3, -0.25) is 10.1 Å². The van der Waals surface area contributed by atoms with E-state index < -0.39 is 17.5 Å². The molecule has 0 bridgehead atoms. The van der Waals surface area contributed by atoms with Gasteiger partial charge in [0.2, 0.25) is 0 Å². The molecule has 28 heavy (non-hydrogen) atoms. The zero-order valence-electron chi connectivity index (χ0n) is 14.7. The van der Waals surface area contributed by atoms with Crippen LogP contribution in [0.5, 0.6) is 0 Å². The smallest absolute Gasteiger partial charge is 0.293 e. The van der Waals surface area contributed by atoms with Crippen LogP contribution < -0.4 is 5.32 Å². The lowest BCUT2D eigenvalue weighted by Gasteiger charge is -2.02. The van der Waals surface area contributed by atoms with Gasteiger partial charge in [-0.1, -0.05) is 18.2 Å². The maximum absolute atomic E-state index is 13.9. The van der Waals surface area contributed by atoms with E-state index in [0.717, 1.165) is 34.9 Å². The van der Waals surface area contributed by atoms with Crippen LogP contribution >= 0.6 is 11.3 Å². The number of para-hydroxylation sites is 1. The van der Waals surface area contributed by atoms with E-state index in [4.69, 9.17) is 9.15 Å². The normalized spacial score (nSPS) is 11.1. The second kappa shape index (κ2) is 7.49. The maximum Gasteiger partial charge on any atom is 0.293 e. The first kappa shape index (κ1) is 18.3. The van der Waals surface area contributed by atoms with Crippen molar-refractivity contribution in [3.8, 4) is 11.3 Å². The molecule has 2 aromatic carbocycles. The number of anilines is 1. The van der Waals surface area contributed by atoms with Gasteiger partial charge in [0.25, 0.3) is 5.91 Å². The average Bonchev–Trinajstić information content (AvgIpc) is 3.29. The molecule has 1 N–H and O–H groups in total. The number of ether oxygens (including phenoxy) is 1. The highest BCUT2D eigenvalue weighted by Gasteiger charge is 2.21. The Balaban J connectivity index is 1.63. The van der Waals surface area contributed by atoms with E-state index in [1.807, 2.05) is 18.2 Å². The first-order valence-corrected chi connectivity index (χ1v) is 9.16. The molecule has 0 atom stereocenters. The zero-order chi connectivity index (χ0) is 19.7. The zero-order valence-corrected chi connectivity index (χ0v) is 15.5. The summed E-state index contributed by atoms with van der Waals surface area (Å²) in [6.07, 6.45) is 0. The van der Waals surface area contributed by atoms with E-state index in [0.29, 0.717) is 11.1 Å². The lowest BCUT2D eigenvalue weighted by Crippen LogP contribution is -2.13. The Morgan fingerprint density at radius 1 is 1.25 bits per heavy atom. The SMILES string of the molecule is COCc1c(C(=O)Nc2nc(-c3cc(F)ccc3F)cs2)oc2ccccc12. The molecule has 1 amide bonds. The van der Waals surface area contributed by atoms with Crippen LogP contribution in [-0.2, 0) is 11.3 Å². The molecular formula is C20H14F2N2O3S. The number of aromatic nitrogens is 1. The molecule has 2 heterocycles. The van der Waals surface area contributed by atoms with Crippen LogP contribution in [0.25, 0.3) is 22.2 Å². The topological polar surface area (TPSA) is 64.4 Å². The number of nitrogens with one attached hydrogen (secondary N) is 1. The summed E-state index contributed by atoms with van der Waals surface area (Å²) >= 11 is 1.10. The fourth-order valence-electron chi connectivity index (χ4n) is 2.87. The molecule has 0 radical (unpaired) electrons. The number of halogens is 2. The molecule has 0 saturated carbocycles. The number of benzene rings is 2. The molecule has 0 spiro atoms. The van der Waals surface area contributed by atoms with Crippen molar-refractivity contribution in [2.24, 2.45) is 0 Å². The van der Waals surface area contributed by atoms with E-state index in [9.17, 15) is 13.6 Å². The minimum absolute atomic E-state index is 0.0283. The van der Waals surface area contributed by atoms with Crippen molar-refractivity contribution in [3.05, 3.63) is 70.8 Å². The van der Waals surface area contributed by atoms with Crippen molar-refractivity contribution in [2.45, 2.75) is 6.61 Å². The molecule has 0 aliphatic carbocycles. The highest BCUT2D eigenvalue weighted by molar-refractivity contribution is 7.14. The van der Waals surface area contributed by atoms with Gasteiger partial charge >= 0.3 is 0 Å². The van der Waals surface area contributed by atoms with Crippen LogP contribution in [0.4, 0.5) is 13.9 Å². The summed E-state index contributed by atoms with van der Waals surface area (Å²) < 4.78 is 38.2. The van der Waals surface area contributed by atoms with Crippen LogP contribution in [-0.4, -0.2) is 18.0 Å². The third kappa shape index (κ3) is 3.39. The third-order valence-corrected chi connectivity index (χ3v) is 4.88. The second-order valence-electron chi connectivity index (χ2n) is 5.96. The van der Waals surface area contributed by atoms with Gasteiger partial charge in [0.1, 0.15) is 17.2 Å². The highest BCUT2D eigenvalue weighted by atomic mass is 32.1. The molecule has 8 heteroatoms. The Bertz CT molecular complexity index is 1170. The Morgan fingerprint density at radius 3 is 2.89 bits per heavy atom. The largest absolute Gasteiger partial charge is 0.451 e. The molecule has 0 aliphatic heterocycles. The number of fused-ring (bicyclic) bond motifs is 1. The van der Waals surface area contributed by atoms with Crippen molar-refractivity contribution < 1.29 is 22.7 Å². The fourth-order valence-corrected chi connectivity index (χ4v) is 3.58. The quantitative estimate of drug-likeness (QED) is 0.498. The number of methoxy groups -OCH3 is 1. The standard InChI is InChI=1S/C20H14F2N2O3S/c1-26-9-14-12-4-2-3-5-17(12)27-18(14)19(25)24-20-23-16(10-28-20)13-8-11(21)6-7-15(13)22/h2-8,10H,9H2,1H3,(H,23,24,25). The number of carbonyl (C=O) groups is 1. The molecular weight excluding hydrogens is 386 g/mol. The third-order valence-electron chi connectivity index (χ3n) is 4.12. The van der Waals surface area contributed by atoms with Crippen molar-refractivity contribution in [2.75, 3.05) is 12.4 Å². The number of hydrogen-bond donors (Lipinski definition) is 1. The summed E-state index contributed by atoms with van der Waals surface area (Å²) in [6.45, 7) is 0.206. The summed E-state index contributed by atoms with van der Waals surface area (Å²) in [7, 11) is 1.53. The van der Waals surface area contributed by atoms with Crippen molar-refractivity contribution in [1.82, 2.24) is 4.98 Å². The molecule has 0 unspecified atom stereocenters. The molecule has 4 aromatic rings. The molecule has 5 nitrogen and oxygen atoms in total. The van der Waals surface area contributed by atoms with E-state index in [2.05, 4.69) is 10.3 Å². The minimum atomic E-state index is -0.593. The molecule has 0 aliphatic rings. The van der Waals surface area contributed by atoms with Crippen LogP contribution in [0.1, 0.15) is 16.1 Å². The molecule has 0 saturated heterocycles. The van der Waals surface area contributed by atoms with Gasteiger partial charge in [0.15, 0.2) is 10.9 Å². The van der Waals surface area contributed by atoms with Gasteiger partial charge < -0.3 is 9.15 Å². The van der Waals surface area contributed by atoms with Crippen LogP contribution in [0.2, 0.25) is 0 Å². The Morgan fingerprint density at radius 2 is 2.07 bits per heavy atom. The fraction of sp³-hybridized carbons (Fsp3) is 0.100. The monoisotopic (exact) mass is 400 g/mol. The Labute approximate surface area is 162 Å². The van der Waals surface area contributed by atoms with Gasteiger partial charge in [-0.05, 0) is 24.3 Å². The van der Waals surface area contributed by atoms with Crippen molar-refractivity contribution in [1.29, 1.82) is 0 Å². The Kier molecular flexibility index (Phi) is 4.89. The molecule has 0 fully saturated rings. The van der Waals surface area contributed by atoms with E-state index in [-0.39, 0.29) is 28.8 Å². The van der Waals surface area contributed by atoms with Crippen LogP contribution in [0.3, 0.4) is 0 Å². The van der Waals surface area contributed by atoms with Crippen LogP contribution in [0, 0.1) is 11.6 Å². The molecule has 142 valence electrons. The maximum atomic E-state index is 13.9. The number of hydrogen-bond acceptors (Lipinski definition) is 5. The minimum Gasteiger partial charge on any atom is -0.451 e. The number of carbonyl (C=O) groups excluding carboxylic acids is 1. The number of nitrogens with zero attached hydrogens (tertiary/aromatic N) is 1. The predicted molar refractivity (Wildman–Crippen MR) is 102 cm³/mol. The average molecular weight is 400 g/mol. The van der Waals surface area contributed by atoms with Crippen molar-refractivity contribution in [3.63, 3.8) is 0 Å². The lowest BCUT2D eigenvalue weighted by atomic mass is 10.1. The highest BCUT2D eigenvalue weighted by Crippen LogP contribution is 2.30. The van der Waals surface area contributed by atoms with E-state index in [1.54, 1.807) is 11.4 Å². The number of amides is 1. The number of furan rings is 1. The number of thiazole rings is 1. The van der Waals surface area contributed by atoms with Crippen LogP contribution in [0.15, 0.2) is 52.3 Å². The first-order valence-electron chi connectivity index (χ1n) is 8.28. The Hall–Kier alpha value is -3.10. The van der Waals surface area contributed by atoms with Gasteiger partial charge in [-0.2, -0.15) is 0 Å². The summed E-state index contributed by atoms with van der Waals surface area (Å²) in [5.41, 5.74) is 1.46. The molecule has 2 aromatic heterocycles. The number of rotatable bonds is 5. The summed E-state index contributed by atoms with van der Waals surface area (Å²) in [6, 6.07) is 10.4. The van der Waals surface area contributed by atoms with Gasteiger partial charge in [-0.25, -0.2) is 13.8 Å². The van der Waals surface area contributed by atoms with E-state index >= 15 is 0 Å². The van der Waals surface area contributed by atoms with Gasteiger partial charge in [0.05, 0.1) is 12.3 Å². The summed E-state index contributed by atoms with van der Waals surface area (Å²) in [5.74, 6) is -1.54. The second-order valence-corrected chi connectivity index (χ2v) is 6.81. The summed E-state index contributed by atoms with van der Waals surface area (Å²) in [5, 5.41) is 5.22. The van der Waals surface area contributed by atoms with E-state index in [1.165, 1.54) is 7.11 Å². The van der Waals surface area contributed by atoms with Crippen molar-refractivity contribution >= 4 is 33.3 Å². The molecule has 4 rings (SSSR count).